The molecule has 1 aromatic carbocycles. The summed E-state index contributed by atoms with van der Waals surface area (Å²) in [6, 6.07) is 8.19. The van der Waals surface area contributed by atoms with Gasteiger partial charge in [-0.2, -0.15) is 0 Å². The maximum absolute atomic E-state index is 11.1. The molecule has 90 valence electrons. The Morgan fingerprint density at radius 3 is 2.67 bits per heavy atom. The maximum Gasteiger partial charge on any atom is 0.336 e. The van der Waals surface area contributed by atoms with Crippen LogP contribution < -0.4 is 0 Å². The molecule has 0 saturated carbocycles. The molecule has 0 radical (unpaired) electrons. The Morgan fingerprint density at radius 2 is 2.11 bits per heavy atom. The second-order valence-corrected chi connectivity index (χ2v) is 4.11. The van der Waals surface area contributed by atoms with Crippen LogP contribution in [0.4, 0.5) is 0 Å². The molecule has 1 heterocycles. The van der Waals surface area contributed by atoms with Crippen LogP contribution in [0.2, 0.25) is 5.02 Å². The highest BCUT2D eigenvalue weighted by atomic mass is 35.5. The number of aromatic carboxylic acids is 1. The first-order valence-corrected chi connectivity index (χ1v) is 5.61. The van der Waals surface area contributed by atoms with Crippen molar-refractivity contribution >= 4 is 23.6 Å². The van der Waals surface area contributed by atoms with Gasteiger partial charge >= 0.3 is 5.97 Å². The first kappa shape index (κ1) is 12.3. The van der Waals surface area contributed by atoms with Crippen LogP contribution in [0.3, 0.4) is 0 Å². The topological polar surface area (TPSA) is 50.2 Å². The highest BCUT2D eigenvalue weighted by Crippen LogP contribution is 2.25. The molecule has 0 unspecified atom stereocenters. The molecule has 4 heteroatoms. The zero-order valence-corrected chi connectivity index (χ0v) is 10.2. The zero-order valence-electron chi connectivity index (χ0n) is 9.43. The molecule has 3 nitrogen and oxygen atoms in total. The van der Waals surface area contributed by atoms with Crippen molar-refractivity contribution in [2.75, 3.05) is 0 Å². The van der Waals surface area contributed by atoms with Crippen molar-refractivity contribution in [2.24, 2.45) is 0 Å². The summed E-state index contributed by atoms with van der Waals surface area (Å²) in [5.41, 5.74) is 2.13. The third-order valence-electron chi connectivity index (χ3n) is 2.51. The molecule has 0 amide bonds. The minimum Gasteiger partial charge on any atom is -0.478 e. The van der Waals surface area contributed by atoms with E-state index in [0.717, 1.165) is 5.56 Å². The molecule has 0 fully saturated rings. The Kier molecular flexibility index (Phi) is 3.44. The van der Waals surface area contributed by atoms with Crippen LogP contribution in [-0.2, 0) is 0 Å². The molecule has 2 rings (SSSR count). The van der Waals surface area contributed by atoms with Crippen LogP contribution in [0.25, 0.3) is 17.3 Å². The fourth-order valence-electron chi connectivity index (χ4n) is 1.60. The van der Waals surface area contributed by atoms with Gasteiger partial charge in [0.1, 0.15) is 0 Å². The first-order chi connectivity index (χ1) is 8.61. The number of pyridine rings is 1. The lowest BCUT2D eigenvalue weighted by Crippen LogP contribution is -2.00. The molecular weight excluding hydrogens is 250 g/mol. The van der Waals surface area contributed by atoms with Gasteiger partial charge in [0.15, 0.2) is 0 Å². The predicted molar refractivity (Wildman–Crippen MR) is 71.7 cm³/mol. The Labute approximate surface area is 109 Å². The first-order valence-electron chi connectivity index (χ1n) is 5.23. The summed E-state index contributed by atoms with van der Waals surface area (Å²) < 4.78 is 0. The Balaban J connectivity index is 2.57. The van der Waals surface area contributed by atoms with E-state index in [9.17, 15) is 4.79 Å². The van der Waals surface area contributed by atoms with E-state index in [1.165, 1.54) is 6.07 Å². The van der Waals surface area contributed by atoms with Crippen molar-refractivity contribution in [3.63, 3.8) is 0 Å². The van der Waals surface area contributed by atoms with Gasteiger partial charge in [0.05, 0.1) is 11.3 Å². The lowest BCUT2D eigenvalue weighted by Gasteiger charge is -2.06. The van der Waals surface area contributed by atoms with E-state index in [2.05, 4.69) is 11.6 Å². The highest BCUT2D eigenvalue weighted by molar-refractivity contribution is 6.31. The average molecular weight is 260 g/mol. The van der Waals surface area contributed by atoms with E-state index in [0.29, 0.717) is 16.3 Å². The van der Waals surface area contributed by atoms with Crippen LogP contribution in [-0.4, -0.2) is 16.1 Å². The van der Waals surface area contributed by atoms with E-state index in [1.54, 1.807) is 30.5 Å². The lowest BCUT2D eigenvalue weighted by molar-refractivity contribution is 0.0697. The molecule has 0 saturated heterocycles. The second kappa shape index (κ2) is 5.02. The van der Waals surface area contributed by atoms with Crippen LogP contribution in [0.5, 0.6) is 0 Å². The molecule has 0 bridgehead atoms. The summed E-state index contributed by atoms with van der Waals surface area (Å²) in [7, 11) is 0. The number of nitrogens with zero attached hydrogens (tertiary/aromatic N) is 1. The highest BCUT2D eigenvalue weighted by Gasteiger charge is 2.12. The van der Waals surface area contributed by atoms with E-state index in [4.69, 9.17) is 16.7 Å². The summed E-state index contributed by atoms with van der Waals surface area (Å²) in [5.74, 6) is -1.00. The van der Waals surface area contributed by atoms with Crippen molar-refractivity contribution in [3.05, 3.63) is 59.3 Å². The van der Waals surface area contributed by atoms with Crippen LogP contribution >= 0.6 is 11.6 Å². The van der Waals surface area contributed by atoms with E-state index in [1.807, 2.05) is 6.07 Å². The Bertz CT molecular complexity index is 606. The number of benzene rings is 1. The monoisotopic (exact) mass is 259 g/mol. The lowest BCUT2D eigenvalue weighted by atomic mass is 10.0. The SMILES string of the molecule is C=Cc1ccc(-c2cc(Cl)ccc2C(=O)O)nc1. The number of carboxylic acids is 1. The molecule has 18 heavy (non-hydrogen) atoms. The maximum atomic E-state index is 11.1. The van der Waals surface area contributed by atoms with Gasteiger partial charge in [0.25, 0.3) is 0 Å². The molecule has 0 aliphatic carbocycles. The van der Waals surface area contributed by atoms with Crippen molar-refractivity contribution in [1.29, 1.82) is 0 Å². The van der Waals surface area contributed by atoms with Gasteiger partial charge in [-0.3, -0.25) is 4.98 Å². The van der Waals surface area contributed by atoms with Crippen molar-refractivity contribution in [2.45, 2.75) is 0 Å². The minimum atomic E-state index is -1.00. The van der Waals surface area contributed by atoms with Crippen molar-refractivity contribution in [1.82, 2.24) is 4.98 Å². The summed E-state index contributed by atoms with van der Waals surface area (Å²) in [5, 5.41) is 9.61. The Morgan fingerprint density at radius 1 is 1.33 bits per heavy atom. The molecule has 1 N–H and O–H groups in total. The zero-order chi connectivity index (χ0) is 13.1. The number of carboxylic acid groups (broad SMARTS) is 1. The standard InChI is InChI=1S/C14H10ClNO2/c1-2-9-3-6-13(16-8-9)12-7-10(15)4-5-11(12)14(17)18/h2-8H,1H2,(H,17,18). The van der Waals surface area contributed by atoms with Gasteiger partial charge in [-0.05, 0) is 29.8 Å². The van der Waals surface area contributed by atoms with Crippen molar-refractivity contribution in [3.8, 4) is 11.3 Å². The molecular formula is C14H10ClNO2. The molecule has 0 atom stereocenters. The minimum absolute atomic E-state index is 0.179. The number of hydrogen-bond donors (Lipinski definition) is 1. The van der Waals surface area contributed by atoms with Gasteiger partial charge < -0.3 is 5.11 Å². The average Bonchev–Trinajstić information content (AvgIpc) is 2.38. The predicted octanol–water partition coefficient (Wildman–Crippen LogP) is 3.74. The van der Waals surface area contributed by atoms with Crippen molar-refractivity contribution < 1.29 is 9.90 Å². The summed E-state index contributed by atoms with van der Waals surface area (Å²) in [4.78, 5) is 15.4. The normalized spacial score (nSPS) is 10.1. The second-order valence-electron chi connectivity index (χ2n) is 3.68. The summed E-state index contributed by atoms with van der Waals surface area (Å²) in [6.45, 7) is 3.64. The number of hydrogen-bond acceptors (Lipinski definition) is 2. The molecule has 2 aromatic rings. The largest absolute Gasteiger partial charge is 0.478 e. The molecule has 0 aliphatic rings. The van der Waals surface area contributed by atoms with Crippen LogP contribution in [0, 0.1) is 0 Å². The fourth-order valence-corrected chi connectivity index (χ4v) is 1.77. The molecule has 0 aliphatic heterocycles. The van der Waals surface area contributed by atoms with Crippen LogP contribution in [0.1, 0.15) is 15.9 Å². The third-order valence-corrected chi connectivity index (χ3v) is 2.75. The van der Waals surface area contributed by atoms with Crippen LogP contribution in [0.15, 0.2) is 43.1 Å². The quantitative estimate of drug-likeness (QED) is 0.913. The van der Waals surface area contributed by atoms with E-state index < -0.39 is 5.97 Å². The van der Waals surface area contributed by atoms with Gasteiger partial charge in [0, 0.05) is 16.8 Å². The summed E-state index contributed by atoms with van der Waals surface area (Å²) in [6.07, 6.45) is 3.31. The van der Waals surface area contributed by atoms with Gasteiger partial charge in [-0.15, -0.1) is 0 Å². The van der Waals surface area contributed by atoms with E-state index in [-0.39, 0.29) is 5.56 Å². The number of rotatable bonds is 3. The van der Waals surface area contributed by atoms with E-state index >= 15 is 0 Å². The number of aromatic nitrogens is 1. The molecule has 1 aromatic heterocycles. The Hall–Kier alpha value is -2.13. The van der Waals surface area contributed by atoms with Gasteiger partial charge in [-0.25, -0.2) is 4.79 Å². The fraction of sp³-hybridized carbons (Fsp3) is 0. The third kappa shape index (κ3) is 2.41. The summed E-state index contributed by atoms with van der Waals surface area (Å²) >= 11 is 5.89. The molecule has 0 spiro atoms. The van der Waals surface area contributed by atoms with Gasteiger partial charge in [-0.1, -0.05) is 30.3 Å². The number of carbonyl (C=O) groups is 1. The van der Waals surface area contributed by atoms with Gasteiger partial charge in [0.2, 0.25) is 0 Å². The smallest absolute Gasteiger partial charge is 0.336 e. The number of halogens is 1.